The molecule has 1 atom stereocenters. The van der Waals surface area contributed by atoms with Gasteiger partial charge in [-0.05, 0) is 29.8 Å². The first kappa shape index (κ1) is 19.9. The third kappa shape index (κ3) is 3.57. The molecule has 26 heavy (non-hydrogen) atoms. The van der Waals surface area contributed by atoms with E-state index in [-0.39, 0.29) is 0 Å². The van der Waals surface area contributed by atoms with Crippen molar-refractivity contribution in [2.45, 2.75) is 24.1 Å². The van der Waals surface area contributed by atoms with E-state index in [2.05, 4.69) is 9.72 Å². The lowest BCUT2D eigenvalue weighted by Gasteiger charge is -2.36. The first-order valence-electron chi connectivity index (χ1n) is 6.74. The van der Waals surface area contributed by atoms with Gasteiger partial charge in [0.25, 0.3) is 0 Å². The van der Waals surface area contributed by atoms with E-state index in [4.69, 9.17) is 0 Å². The largest absolute Gasteiger partial charge is 0.573 e. The highest BCUT2D eigenvalue weighted by molar-refractivity contribution is 5.39. The van der Waals surface area contributed by atoms with Crippen molar-refractivity contribution < 1.29 is 45.0 Å². The standard InChI is InChI=1S/C15H9F8NO2/c16-13(17,14(18,19)20)12(25,11-3-1-2-8-24-11)9-4-6-10(7-5-9)26-15(21,22)23/h1-8,25H. The molecule has 0 amide bonds. The number of alkyl halides is 8. The van der Waals surface area contributed by atoms with Crippen LogP contribution in [0.1, 0.15) is 11.3 Å². The van der Waals surface area contributed by atoms with Gasteiger partial charge in [0.2, 0.25) is 5.60 Å². The molecule has 0 aliphatic carbocycles. The Morgan fingerprint density at radius 1 is 0.808 bits per heavy atom. The molecule has 1 N–H and O–H groups in total. The van der Waals surface area contributed by atoms with Gasteiger partial charge in [-0.2, -0.15) is 22.0 Å². The number of pyridine rings is 1. The van der Waals surface area contributed by atoms with Gasteiger partial charge in [0.1, 0.15) is 5.75 Å². The zero-order valence-corrected chi connectivity index (χ0v) is 12.4. The normalized spacial score (nSPS) is 15.4. The Kier molecular flexibility index (Phi) is 4.88. The van der Waals surface area contributed by atoms with Crippen molar-refractivity contribution in [1.82, 2.24) is 4.98 Å². The van der Waals surface area contributed by atoms with Crippen LogP contribution in [-0.4, -0.2) is 28.6 Å². The first-order chi connectivity index (χ1) is 11.8. The van der Waals surface area contributed by atoms with E-state index in [1.807, 2.05) is 0 Å². The number of hydrogen-bond acceptors (Lipinski definition) is 3. The summed E-state index contributed by atoms with van der Waals surface area (Å²) in [5.41, 5.74) is -6.02. The van der Waals surface area contributed by atoms with E-state index in [1.54, 1.807) is 0 Å². The molecule has 0 fully saturated rings. The number of ether oxygens (including phenoxy) is 1. The lowest BCUT2D eigenvalue weighted by Crippen LogP contribution is -2.56. The molecule has 0 radical (unpaired) electrons. The topological polar surface area (TPSA) is 42.4 Å². The minimum atomic E-state index is -6.17. The number of benzene rings is 1. The molecule has 0 saturated carbocycles. The summed E-state index contributed by atoms with van der Waals surface area (Å²) in [6.07, 6.45) is -10.4. The van der Waals surface area contributed by atoms with E-state index in [9.17, 15) is 40.2 Å². The molecule has 0 aliphatic rings. The van der Waals surface area contributed by atoms with Gasteiger partial charge in [-0.3, -0.25) is 4.98 Å². The van der Waals surface area contributed by atoms with Crippen LogP contribution in [0, 0.1) is 0 Å². The fourth-order valence-corrected chi connectivity index (χ4v) is 2.17. The van der Waals surface area contributed by atoms with E-state index in [0.29, 0.717) is 24.3 Å². The van der Waals surface area contributed by atoms with Crippen LogP contribution in [0.15, 0.2) is 48.7 Å². The smallest absolute Gasteiger partial charge is 0.406 e. The van der Waals surface area contributed by atoms with Gasteiger partial charge in [-0.15, -0.1) is 13.2 Å². The monoisotopic (exact) mass is 387 g/mol. The highest BCUT2D eigenvalue weighted by Crippen LogP contribution is 2.51. The number of aliphatic hydroxyl groups is 1. The number of nitrogens with zero attached hydrogens (tertiary/aromatic N) is 1. The molecule has 0 aliphatic heterocycles. The molecule has 1 aromatic carbocycles. The summed E-state index contributed by atoms with van der Waals surface area (Å²) in [5, 5.41) is 10.3. The second-order valence-corrected chi connectivity index (χ2v) is 5.07. The minimum absolute atomic E-state index is 0.468. The van der Waals surface area contributed by atoms with Crippen LogP contribution < -0.4 is 4.74 Å². The maximum Gasteiger partial charge on any atom is 0.573 e. The summed E-state index contributed by atoms with van der Waals surface area (Å²) in [5.74, 6) is -6.55. The summed E-state index contributed by atoms with van der Waals surface area (Å²) in [6.45, 7) is 0. The average Bonchev–Trinajstić information content (AvgIpc) is 2.53. The molecule has 3 nitrogen and oxygen atoms in total. The number of aromatic nitrogens is 1. The van der Waals surface area contributed by atoms with E-state index >= 15 is 0 Å². The van der Waals surface area contributed by atoms with Crippen molar-refractivity contribution in [1.29, 1.82) is 0 Å². The summed E-state index contributed by atoms with van der Waals surface area (Å²) in [4.78, 5) is 3.35. The summed E-state index contributed by atoms with van der Waals surface area (Å²) in [7, 11) is 0. The van der Waals surface area contributed by atoms with Crippen LogP contribution in [0.25, 0.3) is 0 Å². The molecule has 1 unspecified atom stereocenters. The third-order valence-corrected chi connectivity index (χ3v) is 3.35. The lowest BCUT2D eigenvalue weighted by molar-refractivity contribution is -0.337. The molecule has 0 bridgehead atoms. The number of hydrogen-bond donors (Lipinski definition) is 1. The molecule has 2 rings (SSSR count). The Balaban J connectivity index is 2.59. The summed E-state index contributed by atoms with van der Waals surface area (Å²) >= 11 is 0. The van der Waals surface area contributed by atoms with Gasteiger partial charge in [0, 0.05) is 6.20 Å². The van der Waals surface area contributed by atoms with Crippen molar-refractivity contribution in [2.24, 2.45) is 0 Å². The zero-order valence-electron chi connectivity index (χ0n) is 12.4. The molecule has 0 spiro atoms. The molecule has 142 valence electrons. The van der Waals surface area contributed by atoms with Crippen LogP contribution in [-0.2, 0) is 5.60 Å². The Morgan fingerprint density at radius 3 is 1.81 bits per heavy atom. The van der Waals surface area contributed by atoms with Gasteiger partial charge in [-0.25, -0.2) is 0 Å². The lowest BCUT2D eigenvalue weighted by atomic mass is 9.83. The molecule has 2 aromatic rings. The molecule has 1 heterocycles. The van der Waals surface area contributed by atoms with E-state index in [1.165, 1.54) is 6.07 Å². The van der Waals surface area contributed by atoms with Crippen molar-refractivity contribution in [3.63, 3.8) is 0 Å². The SMILES string of the molecule is OC(c1ccc(OC(F)(F)F)cc1)(c1ccccn1)C(F)(F)C(F)(F)F. The summed E-state index contributed by atoms with van der Waals surface area (Å²) in [6, 6.07) is 4.97. The predicted octanol–water partition coefficient (Wildman–Crippen LogP) is 4.41. The van der Waals surface area contributed by atoms with Crippen molar-refractivity contribution in [3.05, 3.63) is 59.9 Å². The quantitative estimate of drug-likeness (QED) is 0.791. The van der Waals surface area contributed by atoms with Gasteiger partial charge in [-0.1, -0.05) is 18.2 Å². The third-order valence-electron chi connectivity index (χ3n) is 3.35. The van der Waals surface area contributed by atoms with Gasteiger partial charge in [0.15, 0.2) is 0 Å². The second-order valence-electron chi connectivity index (χ2n) is 5.07. The average molecular weight is 387 g/mol. The molecule has 0 saturated heterocycles. The van der Waals surface area contributed by atoms with Crippen LogP contribution in [0.4, 0.5) is 35.1 Å². The van der Waals surface area contributed by atoms with E-state index < -0.39 is 41.1 Å². The Morgan fingerprint density at radius 2 is 1.38 bits per heavy atom. The highest BCUT2D eigenvalue weighted by atomic mass is 19.4. The van der Waals surface area contributed by atoms with Crippen LogP contribution >= 0.6 is 0 Å². The fourth-order valence-electron chi connectivity index (χ4n) is 2.17. The summed E-state index contributed by atoms with van der Waals surface area (Å²) < 4.78 is 107. The van der Waals surface area contributed by atoms with Gasteiger partial charge in [0.05, 0.1) is 5.69 Å². The van der Waals surface area contributed by atoms with Crippen LogP contribution in [0.2, 0.25) is 0 Å². The fraction of sp³-hybridized carbons (Fsp3) is 0.267. The minimum Gasteiger partial charge on any atom is -0.406 e. The van der Waals surface area contributed by atoms with Gasteiger partial charge >= 0.3 is 18.5 Å². The van der Waals surface area contributed by atoms with Crippen molar-refractivity contribution in [2.75, 3.05) is 0 Å². The predicted molar refractivity (Wildman–Crippen MR) is 71.4 cm³/mol. The number of halogens is 8. The Bertz CT molecular complexity index is 743. The zero-order chi connectivity index (χ0) is 19.8. The maximum atomic E-state index is 14.1. The molecule has 11 heteroatoms. The number of rotatable bonds is 4. The Labute approximate surface area is 140 Å². The molecular weight excluding hydrogens is 378 g/mol. The van der Waals surface area contributed by atoms with Crippen LogP contribution in [0.3, 0.4) is 0 Å². The van der Waals surface area contributed by atoms with E-state index in [0.717, 1.165) is 18.3 Å². The van der Waals surface area contributed by atoms with Gasteiger partial charge < -0.3 is 9.84 Å². The maximum absolute atomic E-state index is 14.1. The van der Waals surface area contributed by atoms with Crippen molar-refractivity contribution >= 4 is 0 Å². The first-order valence-corrected chi connectivity index (χ1v) is 6.74. The second kappa shape index (κ2) is 6.38. The molecule has 1 aromatic heterocycles. The Hall–Kier alpha value is -2.43. The highest BCUT2D eigenvalue weighted by Gasteiger charge is 2.71. The molecular formula is C15H9F8NO2. The van der Waals surface area contributed by atoms with Crippen LogP contribution in [0.5, 0.6) is 5.75 Å². The van der Waals surface area contributed by atoms with Crippen molar-refractivity contribution in [3.8, 4) is 5.75 Å².